The second-order valence-corrected chi connectivity index (χ2v) is 9.29. The van der Waals surface area contributed by atoms with Crippen LogP contribution in [0.5, 0.6) is 0 Å². The molecule has 6 nitrogen and oxygen atoms in total. The Balaban J connectivity index is 1.58. The molecule has 1 saturated heterocycles. The van der Waals surface area contributed by atoms with Crippen molar-refractivity contribution in [2.75, 3.05) is 26.2 Å². The van der Waals surface area contributed by atoms with Gasteiger partial charge in [0.15, 0.2) is 5.82 Å². The number of nitrogens with zero attached hydrogens (tertiary/aromatic N) is 6. The maximum atomic E-state index is 4.54. The number of benzene rings is 1. The fraction of sp³-hybridized carbons (Fsp3) is 0.696. The zero-order valence-corrected chi connectivity index (χ0v) is 18.3. The topological polar surface area (TPSA) is 50.1 Å². The largest absolute Gasteiger partial charge is 0.298 e. The van der Waals surface area contributed by atoms with Gasteiger partial charge in [-0.2, -0.15) is 0 Å². The molecule has 158 valence electrons. The summed E-state index contributed by atoms with van der Waals surface area (Å²) in [5, 5.41) is 13.0. The van der Waals surface area contributed by atoms with E-state index in [1.54, 1.807) is 0 Å². The molecule has 1 aliphatic heterocycles. The molecule has 2 heterocycles. The van der Waals surface area contributed by atoms with Gasteiger partial charge in [0.25, 0.3) is 0 Å². The first-order chi connectivity index (χ1) is 14.1. The maximum absolute atomic E-state index is 4.54. The van der Waals surface area contributed by atoms with E-state index in [4.69, 9.17) is 0 Å². The summed E-state index contributed by atoms with van der Waals surface area (Å²) < 4.78 is 2.05. The molecule has 0 radical (unpaired) electrons. The van der Waals surface area contributed by atoms with E-state index in [9.17, 15) is 0 Å². The number of piperazine rings is 1. The smallest absolute Gasteiger partial charge is 0.173 e. The summed E-state index contributed by atoms with van der Waals surface area (Å²) >= 11 is 0. The van der Waals surface area contributed by atoms with Crippen molar-refractivity contribution in [3.63, 3.8) is 0 Å². The van der Waals surface area contributed by atoms with E-state index in [1.807, 2.05) is 0 Å². The molecule has 2 fully saturated rings. The minimum atomic E-state index is -0.101. The van der Waals surface area contributed by atoms with Crippen LogP contribution >= 0.6 is 0 Å². The van der Waals surface area contributed by atoms with E-state index in [-0.39, 0.29) is 11.6 Å². The van der Waals surface area contributed by atoms with Gasteiger partial charge in [-0.15, -0.1) is 5.10 Å². The van der Waals surface area contributed by atoms with E-state index in [0.29, 0.717) is 0 Å². The lowest BCUT2D eigenvalue weighted by Gasteiger charge is -2.43. The van der Waals surface area contributed by atoms with Crippen LogP contribution in [0.4, 0.5) is 0 Å². The third-order valence-corrected chi connectivity index (χ3v) is 7.10. The van der Waals surface area contributed by atoms with Crippen LogP contribution in [0, 0.1) is 0 Å². The van der Waals surface area contributed by atoms with Crippen molar-refractivity contribution in [1.29, 1.82) is 0 Å². The number of aromatic nitrogens is 4. The summed E-state index contributed by atoms with van der Waals surface area (Å²) in [4.78, 5) is 5.32. The first-order valence-corrected chi connectivity index (χ1v) is 11.4. The van der Waals surface area contributed by atoms with Crippen LogP contribution in [-0.4, -0.2) is 62.2 Å². The molecular formula is C23H36N6. The molecule has 1 atom stereocenters. The average Bonchev–Trinajstić information content (AvgIpc) is 3.26. The number of hydrogen-bond donors (Lipinski definition) is 0. The summed E-state index contributed by atoms with van der Waals surface area (Å²) in [5.74, 6) is 0.967. The zero-order valence-electron chi connectivity index (χ0n) is 18.3. The standard InChI is InChI=1S/C23H36N6/c1-4-23(2,3)29-22(24-25-26-29)21(19-11-7-5-8-12-19)28-17-15-27(16-18-28)20-13-9-6-10-14-20/h5,7-8,11-12,20-21H,4,6,9-10,13-18H2,1-3H3/t21-/m1/s1. The highest BCUT2D eigenvalue weighted by molar-refractivity contribution is 5.25. The molecule has 6 heteroatoms. The lowest BCUT2D eigenvalue weighted by Crippen LogP contribution is -2.52. The molecule has 0 N–H and O–H groups in total. The molecule has 29 heavy (non-hydrogen) atoms. The first-order valence-electron chi connectivity index (χ1n) is 11.4. The van der Waals surface area contributed by atoms with Crippen LogP contribution in [0.2, 0.25) is 0 Å². The quantitative estimate of drug-likeness (QED) is 0.742. The molecule has 0 amide bonds. The van der Waals surface area contributed by atoms with Crippen molar-refractivity contribution in [3.8, 4) is 0 Å². The Morgan fingerprint density at radius 3 is 2.34 bits per heavy atom. The Hall–Kier alpha value is -1.79. The van der Waals surface area contributed by atoms with E-state index < -0.39 is 0 Å². The highest BCUT2D eigenvalue weighted by Crippen LogP contribution is 2.32. The Kier molecular flexibility index (Phi) is 6.30. The van der Waals surface area contributed by atoms with E-state index in [2.05, 4.69) is 81.1 Å². The molecule has 2 aliphatic rings. The molecule has 0 spiro atoms. The van der Waals surface area contributed by atoms with Gasteiger partial charge in [-0.3, -0.25) is 9.80 Å². The molecule has 4 rings (SSSR count). The van der Waals surface area contributed by atoms with E-state index in [1.165, 1.54) is 37.7 Å². The SMILES string of the molecule is CCC(C)(C)n1nnnc1[C@@H](c1ccccc1)N1CCN(C2CCCCC2)CC1. The number of hydrogen-bond acceptors (Lipinski definition) is 5. The van der Waals surface area contributed by atoms with Gasteiger partial charge in [0, 0.05) is 32.2 Å². The van der Waals surface area contributed by atoms with Crippen molar-refractivity contribution in [2.45, 2.75) is 76.9 Å². The highest BCUT2D eigenvalue weighted by atomic mass is 15.6. The van der Waals surface area contributed by atoms with Gasteiger partial charge in [0.2, 0.25) is 0 Å². The van der Waals surface area contributed by atoms with Gasteiger partial charge >= 0.3 is 0 Å². The fourth-order valence-corrected chi connectivity index (χ4v) is 4.91. The third-order valence-electron chi connectivity index (χ3n) is 7.10. The van der Waals surface area contributed by atoms with Crippen LogP contribution < -0.4 is 0 Å². The second kappa shape index (κ2) is 8.92. The van der Waals surface area contributed by atoms with Gasteiger partial charge in [-0.05, 0) is 49.1 Å². The van der Waals surface area contributed by atoms with Crippen LogP contribution in [0.15, 0.2) is 30.3 Å². The molecule has 1 aliphatic carbocycles. The van der Waals surface area contributed by atoms with Crippen LogP contribution in [0.3, 0.4) is 0 Å². The minimum Gasteiger partial charge on any atom is -0.298 e. The number of tetrazole rings is 1. The van der Waals surface area contributed by atoms with Crippen LogP contribution in [0.1, 0.15) is 76.7 Å². The van der Waals surface area contributed by atoms with Crippen molar-refractivity contribution in [1.82, 2.24) is 30.0 Å². The lowest BCUT2D eigenvalue weighted by atomic mass is 9.93. The molecule has 0 bridgehead atoms. The zero-order chi connectivity index (χ0) is 20.3. The molecular weight excluding hydrogens is 360 g/mol. The summed E-state index contributed by atoms with van der Waals surface area (Å²) in [5.41, 5.74) is 1.18. The fourth-order valence-electron chi connectivity index (χ4n) is 4.91. The Labute approximate surface area is 175 Å². The predicted octanol–water partition coefficient (Wildman–Crippen LogP) is 3.86. The second-order valence-electron chi connectivity index (χ2n) is 9.29. The van der Waals surface area contributed by atoms with Crippen LogP contribution in [0.25, 0.3) is 0 Å². The van der Waals surface area contributed by atoms with E-state index >= 15 is 0 Å². The number of rotatable bonds is 6. The Bertz CT molecular complexity index is 757. The maximum Gasteiger partial charge on any atom is 0.173 e. The van der Waals surface area contributed by atoms with Crippen molar-refractivity contribution < 1.29 is 0 Å². The first kappa shape index (κ1) is 20.5. The third kappa shape index (κ3) is 4.38. The van der Waals surface area contributed by atoms with Gasteiger partial charge < -0.3 is 0 Å². The summed E-state index contributed by atoms with van der Waals surface area (Å²) in [7, 11) is 0. The normalized spacial score (nSPS) is 21.3. The molecule has 1 aromatic heterocycles. The highest BCUT2D eigenvalue weighted by Gasteiger charge is 2.35. The Morgan fingerprint density at radius 2 is 1.69 bits per heavy atom. The van der Waals surface area contributed by atoms with Gasteiger partial charge in [0.05, 0.1) is 11.6 Å². The summed E-state index contributed by atoms with van der Waals surface area (Å²) in [6.45, 7) is 11.1. The van der Waals surface area contributed by atoms with Crippen LogP contribution in [-0.2, 0) is 5.54 Å². The van der Waals surface area contributed by atoms with Crippen molar-refractivity contribution >= 4 is 0 Å². The average molecular weight is 397 g/mol. The monoisotopic (exact) mass is 396 g/mol. The van der Waals surface area contributed by atoms with Crippen molar-refractivity contribution in [2.24, 2.45) is 0 Å². The summed E-state index contributed by atoms with van der Waals surface area (Å²) in [6, 6.07) is 11.7. The molecule has 2 aromatic rings. The van der Waals surface area contributed by atoms with E-state index in [0.717, 1.165) is 44.5 Å². The Morgan fingerprint density at radius 1 is 1.00 bits per heavy atom. The molecule has 1 saturated carbocycles. The van der Waals surface area contributed by atoms with Gasteiger partial charge in [0.1, 0.15) is 0 Å². The lowest BCUT2D eigenvalue weighted by molar-refractivity contribution is 0.0606. The minimum absolute atomic E-state index is 0.101. The van der Waals surface area contributed by atoms with Gasteiger partial charge in [-0.1, -0.05) is 56.5 Å². The molecule has 0 unspecified atom stereocenters. The van der Waals surface area contributed by atoms with Gasteiger partial charge in [-0.25, -0.2) is 4.68 Å². The van der Waals surface area contributed by atoms with Crippen molar-refractivity contribution in [3.05, 3.63) is 41.7 Å². The predicted molar refractivity (Wildman–Crippen MR) is 116 cm³/mol. The molecule has 1 aromatic carbocycles. The summed E-state index contributed by atoms with van der Waals surface area (Å²) in [6.07, 6.45) is 7.97.